The Labute approximate surface area is 209 Å². The first-order valence-electron chi connectivity index (χ1n) is 12.1. The van der Waals surface area contributed by atoms with Gasteiger partial charge in [0.2, 0.25) is 0 Å². The maximum Gasteiger partial charge on any atom is 0.416 e. The number of benzene rings is 2. The van der Waals surface area contributed by atoms with Crippen molar-refractivity contribution in [3.05, 3.63) is 76.4 Å². The SMILES string of the molecule is CC1(C)CCC(C)(C)c2cc(CC/C=C(/CC(C(=O)O)C(=O)O)c3cccc(C(F)(F)F)c3)ccc21. The number of halogens is 3. The van der Waals surface area contributed by atoms with Crippen LogP contribution < -0.4 is 0 Å². The van der Waals surface area contributed by atoms with E-state index in [9.17, 15) is 33.0 Å². The van der Waals surface area contributed by atoms with Crippen molar-refractivity contribution in [2.24, 2.45) is 5.92 Å². The molecular weight excluding hydrogens is 469 g/mol. The summed E-state index contributed by atoms with van der Waals surface area (Å²) in [7, 11) is 0. The molecule has 0 spiro atoms. The Kier molecular flexibility index (Phi) is 7.72. The molecule has 0 radical (unpaired) electrons. The van der Waals surface area contributed by atoms with Gasteiger partial charge in [0, 0.05) is 0 Å². The molecule has 0 saturated heterocycles. The molecule has 1 aliphatic carbocycles. The lowest BCUT2D eigenvalue weighted by atomic mass is 9.63. The Balaban J connectivity index is 1.92. The van der Waals surface area contributed by atoms with Crippen LogP contribution in [-0.4, -0.2) is 22.2 Å². The van der Waals surface area contributed by atoms with Crippen LogP contribution in [0.2, 0.25) is 0 Å². The first-order chi connectivity index (χ1) is 16.6. The summed E-state index contributed by atoms with van der Waals surface area (Å²) in [5.41, 5.74) is 3.41. The lowest BCUT2D eigenvalue weighted by Gasteiger charge is -2.42. The summed E-state index contributed by atoms with van der Waals surface area (Å²) in [6.07, 6.45) is -0.104. The lowest BCUT2D eigenvalue weighted by molar-refractivity contribution is -0.154. The zero-order valence-corrected chi connectivity index (χ0v) is 21.1. The van der Waals surface area contributed by atoms with Crippen molar-refractivity contribution in [3.8, 4) is 0 Å². The number of alkyl halides is 3. The molecule has 36 heavy (non-hydrogen) atoms. The number of hydrogen-bond acceptors (Lipinski definition) is 2. The Bertz CT molecular complexity index is 1160. The molecule has 0 atom stereocenters. The first kappa shape index (κ1) is 27.5. The topological polar surface area (TPSA) is 74.6 Å². The molecular formula is C29H33F3O4. The normalized spacial score (nSPS) is 17.1. The number of fused-ring (bicyclic) bond motifs is 1. The molecule has 0 heterocycles. The van der Waals surface area contributed by atoms with Gasteiger partial charge in [-0.25, -0.2) is 0 Å². The van der Waals surface area contributed by atoms with E-state index in [4.69, 9.17) is 0 Å². The largest absolute Gasteiger partial charge is 0.481 e. The van der Waals surface area contributed by atoms with Crippen LogP contribution in [0.25, 0.3) is 5.57 Å². The Morgan fingerprint density at radius 1 is 0.944 bits per heavy atom. The molecule has 0 fully saturated rings. The minimum atomic E-state index is -4.57. The van der Waals surface area contributed by atoms with Gasteiger partial charge in [-0.15, -0.1) is 0 Å². The standard InChI is InChI=1S/C29H33F3O4/c1-27(2)13-14-28(3,4)24-15-18(11-12-23(24)27)7-5-8-20(17-22(25(33)34)26(35)36)19-9-6-10-21(16-19)29(30,31)32/h6,8-12,15-16,22H,5,7,13-14,17H2,1-4H3,(H,33,34)(H,35,36)/b20-8-. The van der Waals surface area contributed by atoms with Crippen molar-refractivity contribution in [2.45, 2.75) is 76.8 Å². The summed E-state index contributed by atoms with van der Waals surface area (Å²) in [6.45, 7) is 8.95. The van der Waals surface area contributed by atoms with Crippen LogP contribution in [0.5, 0.6) is 0 Å². The average molecular weight is 503 g/mol. The molecule has 7 heteroatoms. The van der Waals surface area contributed by atoms with Crippen molar-refractivity contribution >= 4 is 17.5 Å². The average Bonchev–Trinajstić information content (AvgIpc) is 2.78. The van der Waals surface area contributed by atoms with Gasteiger partial charge < -0.3 is 10.2 Å². The Morgan fingerprint density at radius 3 is 2.14 bits per heavy atom. The molecule has 2 aromatic rings. The fourth-order valence-corrected chi connectivity index (χ4v) is 4.92. The molecule has 194 valence electrons. The second-order valence-corrected chi connectivity index (χ2v) is 10.9. The Hall–Kier alpha value is -3.09. The van der Waals surface area contributed by atoms with Gasteiger partial charge >= 0.3 is 18.1 Å². The number of rotatable bonds is 8. The van der Waals surface area contributed by atoms with Gasteiger partial charge in [0.05, 0.1) is 5.56 Å². The first-order valence-corrected chi connectivity index (χ1v) is 12.1. The predicted octanol–water partition coefficient (Wildman–Crippen LogP) is 7.25. The van der Waals surface area contributed by atoms with Crippen LogP contribution >= 0.6 is 0 Å². The van der Waals surface area contributed by atoms with Gasteiger partial charge in [0.15, 0.2) is 5.92 Å². The van der Waals surface area contributed by atoms with Crippen LogP contribution in [-0.2, 0) is 33.0 Å². The van der Waals surface area contributed by atoms with E-state index in [2.05, 4.69) is 45.9 Å². The van der Waals surface area contributed by atoms with Gasteiger partial charge in [-0.2, -0.15) is 13.2 Å². The van der Waals surface area contributed by atoms with Crippen molar-refractivity contribution < 1.29 is 33.0 Å². The fraction of sp³-hybridized carbons (Fsp3) is 0.448. The molecule has 0 saturated carbocycles. The fourth-order valence-electron chi connectivity index (χ4n) is 4.92. The lowest BCUT2D eigenvalue weighted by Crippen LogP contribution is -2.33. The zero-order chi connectivity index (χ0) is 26.9. The second-order valence-electron chi connectivity index (χ2n) is 10.9. The second kappa shape index (κ2) is 10.1. The summed E-state index contributed by atoms with van der Waals surface area (Å²) in [5.74, 6) is -4.81. The van der Waals surface area contributed by atoms with E-state index in [0.29, 0.717) is 12.8 Å². The van der Waals surface area contributed by atoms with E-state index in [1.54, 1.807) is 6.08 Å². The Morgan fingerprint density at radius 2 is 1.56 bits per heavy atom. The molecule has 2 aromatic carbocycles. The van der Waals surface area contributed by atoms with E-state index in [0.717, 1.165) is 30.5 Å². The number of allylic oxidation sites excluding steroid dienone is 2. The number of carboxylic acids is 2. The maximum absolute atomic E-state index is 13.3. The molecule has 0 bridgehead atoms. The third kappa shape index (κ3) is 6.18. The summed E-state index contributed by atoms with van der Waals surface area (Å²) < 4.78 is 39.8. The van der Waals surface area contributed by atoms with E-state index in [1.165, 1.54) is 23.3 Å². The molecule has 3 rings (SSSR count). The highest BCUT2D eigenvalue weighted by Crippen LogP contribution is 2.46. The van der Waals surface area contributed by atoms with E-state index < -0.39 is 36.0 Å². The molecule has 0 aliphatic heterocycles. The number of aryl methyl sites for hydroxylation is 1. The van der Waals surface area contributed by atoms with Gasteiger partial charge in [-0.05, 0) is 82.9 Å². The highest BCUT2D eigenvalue weighted by Gasteiger charge is 2.37. The third-order valence-corrected chi connectivity index (χ3v) is 7.32. The van der Waals surface area contributed by atoms with Crippen molar-refractivity contribution in [1.29, 1.82) is 0 Å². The smallest absolute Gasteiger partial charge is 0.416 e. The quantitative estimate of drug-likeness (QED) is 0.373. The van der Waals surface area contributed by atoms with Gasteiger partial charge in [-0.3, -0.25) is 9.59 Å². The summed E-state index contributed by atoms with van der Waals surface area (Å²) in [5, 5.41) is 18.7. The van der Waals surface area contributed by atoms with Gasteiger partial charge in [0.25, 0.3) is 0 Å². The molecule has 0 unspecified atom stereocenters. The molecule has 4 nitrogen and oxygen atoms in total. The summed E-state index contributed by atoms with van der Waals surface area (Å²) >= 11 is 0. The molecule has 2 N–H and O–H groups in total. The highest BCUT2D eigenvalue weighted by atomic mass is 19.4. The minimum Gasteiger partial charge on any atom is -0.481 e. The molecule has 0 aromatic heterocycles. The summed E-state index contributed by atoms with van der Waals surface area (Å²) in [4.78, 5) is 23.0. The van der Waals surface area contributed by atoms with E-state index >= 15 is 0 Å². The van der Waals surface area contributed by atoms with Crippen LogP contribution in [0, 0.1) is 5.92 Å². The van der Waals surface area contributed by atoms with E-state index in [-0.39, 0.29) is 22.0 Å². The highest BCUT2D eigenvalue weighted by molar-refractivity contribution is 5.94. The van der Waals surface area contributed by atoms with Gasteiger partial charge in [-0.1, -0.05) is 64.1 Å². The maximum atomic E-state index is 13.3. The van der Waals surface area contributed by atoms with E-state index in [1.807, 2.05) is 0 Å². The van der Waals surface area contributed by atoms with Crippen LogP contribution in [0.15, 0.2) is 48.5 Å². The zero-order valence-electron chi connectivity index (χ0n) is 21.1. The van der Waals surface area contributed by atoms with Crippen molar-refractivity contribution in [1.82, 2.24) is 0 Å². The molecule has 0 amide bonds. The summed E-state index contributed by atoms with van der Waals surface area (Å²) in [6, 6.07) is 11.0. The number of hydrogen-bond donors (Lipinski definition) is 2. The van der Waals surface area contributed by atoms with Crippen molar-refractivity contribution in [3.63, 3.8) is 0 Å². The minimum absolute atomic E-state index is 0.0378. The number of carboxylic acid groups (broad SMARTS) is 2. The van der Waals surface area contributed by atoms with Crippen LogP contribution in [0.1, 0.15) is 81.2 Å². The predicted molar refractivity (Wildman–Crippen MR) is 133 cm³/mol. The molecule has 1 aliphatic rings. The van der Waals surface area contributed by atoms with Gasteiger partial charge in [0.1, 0.15) is 0 Å². The number of aliphatic carboxylic acids is 2. The number of carbonyl (C=O) groups is 2. The monoisotopic (exact) mass is 502 g/mol. The van der Waals surface area contributed by atoms with Crippen LogP contribution in [0.4, 0.5) is 13.2 Å². The van der Waals surface area contributed by atoms with Crippen molar-refractivity contribution in [2.75, 3.05) is 0 Å². The third-order valence-electron chi connectivity index (χ3n) is 7.32. The van der Waals surface area contributed by atoms with Crippen LogP contribution in [0.3, 0.4) is 0 Å².